The third-order valence-electron chi connectivity index (χ3n) is 3.90. The van der Waals surface area contributed by atoms with Gasteiger partial charge in [-0.25, -0.2) is 9.18 Å². The molecular weight excluding hydrogens is 383 g/mol. The number of benzene rings is 3. The minimum Gasteiger partial charge on any atom is -0.488 e. The number of ether oxygens (including phenoxy) is 1. The Morgan fingerprint density at radius 1 is 1.11 bits per heavy atom. The minimum absolute atomic E-state index is 0.0361. The molecule has 3 aromatic rings. The maximum Gasteiger partial charge on any atom is 0.337 e. The van der Waals surface area contributed by atoms with Crippen molar-refractivity contribution >= 4 is 29.5 Å². The lowest BCUT2D eigenvalue weighted by Gasteiger charge is -2.11. The third-order valence-corrected chi connectivity index (χ3v) is 4.25. The van der Waals surface area contributed by atoms with Crippen molar-refractivity contribution in [3.8, 4) is 5.75 Å². The summed E-state index contributed by atoms with van der Waals surface area (Å²) in [5.41, 5.74) is 4.09. The molecule has 0 aliphatic heterocycles. The molecule has 3 aromatic carbocycles. The van der Waals surface area contributed by atoms with Crippen LogP contribution in [0.2, 0.25) is 5.02 Å². The van der Waals surface area contributed by atoms with Crippen LogP contribution in [-0.4, -0.2) is 17.3 Å². The van der Waals surface area contributed by atoms with E-state index in [-0.39, 0.29) is 22.8 Å². The summed E-state index contributed by atoms with van der Waals surface area (Å²) in [4.78, 5) is 11.2. The Morgan fingerprint density at radius 2 is 1.86 bits per heavy atom. The fraction of sp³-hybridized carbons (Fsp3) is 0.0476. The Bertz CT molecular complexity index is 1000. The second kappa shape index (κ2) is 9.01. The van der Waals surface area contributed by atoms with E-state index in [2.05, 4.69) is 10.5 Å². The van der Waals surface area contributed by atoms with Gasteiger partial charge >= 0.3 is 5.97 Å². The molecule has 0 amide bonds. The van der Waals surface area contributed by atoms with Gasteiger partial charge in [-0.05, 0) is 36.4 Å². The van der Waals surface area contributed by atoms with Gasteiger partial charge in [0.25, 0.3) is 0 Å². The Labute approximate surface area is 166 Å². The minimum atomic E-state index is -1.05. The molecule has 0 unspecified atom stereocenters. The van der Waals surface area contributed by atoms with Crippen LogP contribution in [-0.2, 0) is 6.61 Å². The quantitative estimate of drug-likeness (QED) is 0.423. The van der Waals surface area contributed by atoms with E-state index >= 15 is 0 Å². The van der Waals surface area contributed by atoms with Gasteiger partial charge in [0, 0.05) is 11.1 Å². The zero-order valence-electron chi connectivity index (χ0n) is 14.6. The molecule has 0 saturated carbocycles. The van der Waals surface area contributed by atoms with E-state index in [4.69, 9.17) is 16.3 Å². The number of para-hydroxylation sites is 2. The third kappa shape index (κ3) is 4.66. The molecule has 28 heavy (non-hydrogen) atoms. The molecular formula is C21H16ClFN2O3. The van der Waals surface area contributed by atoms with Crippen molar-refractivity contribution in [2.45, 2.75) is 6.61 Å². The first-order valence-corrected chi connectivity index (χ1v) is 8.70. The smallest absolute Gasteiger partial charge is 0.337 e. The number of anilines is 1. The Balaban J connectivity index is 1.74. The maximum absolute atomic E-state index is 13.9. The number of halogens is 2. The SMILES string of the molecule is O=C(O)c1ccccc1N/N=C/c1ccccc1OCc1c(F)cccc1Cl. The predicted molar refractivity (Wildman–Crippen MR) is 107 cm³/mol. The molecule has 0 bridgehead atoms. The average Bonchev–Trinajstić information content (AvgIpc) is 2.69. The lowest BCUT2D eigenvalue weighted by atomic mass is 10.2. The molecule has 5 nitrogen and oxygen atoms in total. The summed E-state index contributed by atoms with van der Waals surface area (Å²) in [6.45, 7) is -0.0361. The van der Waals surface area contributed by atoms with Gasteiger partial charge in [-0.1, -0.05) is 41.9 Å². The van der Waals surface area contributed by atoms with Gasteiger partial charge in [0.1, 0.15) is 18.2 Å². The van der Waals surface area contributed by atoms with Crippen molar-refractivity contribution in [3.63, 3.8) is 0 Å². The van der Waals surface area contributed by atoms with Crippen molar-refractivity contribution < 1.29 is 19.0 Å². The van der Waals surface area contributed by atoms with E-state index in [1.165, 1.54) is 24.4 Å². The van der Waals surface area contributed by atoms with Crippen molar-refractivity contribution in [1.82, 2.24) is 0 Å². The van der Waals surface area contributed by atoms with E-state index < -0.39 is 11.8 Å². The molecule has 0 spiro atoms. The number of nitrogens with one attached hydrogen (secondary N) is 1. The van der Waals surface area contributed by atoms with Gasteiger partial charge in [-0.3, -0.25) is 5.43 Å². The number of nitrogens with zero attached hydrogens (tertiary/aromatic N) is 1. The van der Waals surface area contributed by atoms with Gasteiger partial charge in [0.2, 0.25) is 0 Å². The highest BCUT2D eigenvalue weighted by Crippen LogP contribution is 2.23. The summed E-state index contributed by atoms with van der Waals surface area (Å²) >= 11 is 6.02. The molecule has 7 heteroatoms. The first-order chi connectivity index (χ1) is 13.6. The molecule has 0 fully saturated rings. The fourth-order valence-electron chi connectivity index (χ4n) is 2.48. The number of hydrogen-bond acceptors (Lipinski definition) is 4. The highest BCUT2D eigenvalue weighted by molar-refractivity contribution is 6.31. The van der Waals surface area contributed by atoms with E-state index in [0.717, 1.165) is 0 Å². The number of aromatic carboxylic acids is 1. The molecule has 3 rings (SSSR count). The summed E-state index contributed by atoms with van der Waals surface area (Å²) in [6.07, 6.45) is 1.50. The molecule has 142 valence electrons. The first-order valence-electron chi connectivity index (χ1n) is 8.32. The van der Waals surface area contributed by atoms with Crippen molar-refractivity contribution in [2.24, 2.45) is 5.10 Å². The molecule has 0 aromatic heterocycles. The van der Waals surface area contributed by atoms with Crippen molar-refractivity contribution in [3.05, 3.63) is 94.3 Å². The topological polar surface area (TPSA) is 70.9 Å². The van der Waals surface area contributed by atoms with Gasteiger partial charge in [0.15, 0.2) is 0 Å². The molecule has 0 atom stereocenters. The second-order valence-corrected chi connectivity index (χ2v) is 6.15. The molecule has 0 aliphatic rings. The van der Waals surface area contributed by atoms with Crippen molar-refractivity contribution in [2.75, 3.05) is 5.43 Å². The van der Waals surface area contributed by atoms with E-state index in [0.29, 0.717) is 17.0 Å². The molecule has 0 radical (unpaired) electrons. The van der Waals surface area contributed by atoms with Gasteiger partial charge < -0.3 is 9.84 Å². The van der Waals surface area contributed by atoms with Crippen LogP contribution in [0.5, 0.6) is 5.75 Å². The lowest BCUT2D eigenvalue weighted by Crippen LogP contribution is -2.03. The average molecular weight is 399 g/mol. The number of hydrazone groups is 1. The predicted octanol–water partition coefficient (Wildman–Crippen LogP) is 5.20. The van der Waals surface area contributed by atoms with Crippen molar-refractivity contribution in [1.29, 1.82) is 0 Å². The Morgan fingerprint density at radius 3 is 2.64 bits per heavy atom. The van der Waals surface area contributed by atoms with Crippen LogP contribution in [0.4, 0.5) is 10.1 Å². The number of rotatable bonds is 7. The van der Waals surface area contributed by atoms with Crippen LogP contribution in [0, 0.1) is 5.82 Å². The van der Waals surface area contributed by atoms with Crippen LogP contribution in [0.25, 0.3) is 0 Å². The van der Waals surface area contributed by atoms with Crippen LogP contribution in [0.3, 0.4) is 0 Å². The largest absolute Gasteiger partial charge is 0.488 e. The lowest BCUT2D eigenvalue weighted by molar-refractivity contribution is 0.0698. The standard InChI is InChI=1S/C21H16ClFN2O3/c22-17-8-5-9-18(23)16(17)13-28-20-11-4-1-6-14(20)12-24-25-19-10-3-2-7-15(19)21(26)27/h1-12,25H,13H2,(H,26,27)/b24-12+. The van der Waals surface area contributed by atoms with Gasteiger partial charge in [0.05, 0.1) is 22.5 Å². The van der Waals surface area contributed by atoms with Crippen LogP contribution < -0.4 is 10.2 Å². The summed E-state index contributed by atoms with van der Waals surface area (Å²) in [6, 6.07) is 18.0. The van der Waals surface area contributed by atoms with E-state index in [1.54, 1.807) is 48.5 Å². The van der Waals surface area contributed by atoms with E-state index in [1.807, 2.05) is 0 Å². The number of carboxylic acids is 1. The number of carboxylic acid groups (broad SMARTS) is 1. The first kappa shape index (κ1) is 19.4. The summed E-state index contributed by atoms with van der Waals surface area (Å²) in [7, 11) is 0. The second-order valence-electron chi connectivity index (χ2n) is 5.75. The number of hydrogen-bond donors (Lipinski definition) is 2. The summed E-state index contributed by atoms with van der Waals surface area (Å²) in [5, 5.41) is 13.6. The number of carbonyl (C=O) groups is 1. The zero-order valence-corrected chi connectivity index (χ0v) is 15.4. The summed E-state index contributed by atoms with van der Waals surface area (Å²) in [5.74, 6) is -1.01. The fourth-order valence-corrected chi connectivity index (χ4v) is 2.69. The van der Waals surface area contributed by atoms with Crippen LogP contribution in [0.1, 0.15) is 21.5 Å². The normalized spacial score (nSPS) is 10.8. The van der Waals surface area contributed by atoms with Gasteiger partial charge in [-0.2, -0.15) is 5.10 Å². The zero-order chi connectivity index (χ0) is 19.9. The van der Waals surface area contributed by atoms with Gasteiger partial charge in [-0.15, -0.1) is 0 Å². The molecule has 0 aliphatic carbocycles. The highest BCUT2D eigenvalue weighted by atomic mass is 35.5. The molecule has 0 saturated heterocycles. The monoisotopic (exact) mass is 398 g/mol. The van der Waals surface area contributed by atoms with Crippen LogP contribution >= 0.6 is 11.6 Å². The Hall–Kier alpha value is -3.38. The summed E-state index contributed by atoms with van der Waals surface area (Å²) < 4.78 is 19.6. The molecule has 2 N–H and O–H groups in total. The Kier molecular flexibility index (Phi) is 6.24. The van der Waals surface area contributed by atoms with Crippen LogP contribution in [0.15, 0.2) is 71.8 Å². The highest BCUT2D eigenvalue weighted by Gasteiger charge is 2.10. The maximum atomic E-state index is 13.9. The van der Waals surface area contributed by atoms with E-state index in [9.17, 15) is 14.3 Å². The molecule has 0 heterocycles.